The van der Waals surface area contributed by atoms with E-state index in [0.717, 1.165) is 18.7 Å². The number of para-hydroxylation sites is 1. The van der Waals surface area contributed by atoms with Crippen LogP contribution in [-0.2, 0) is 6.54 Å². The standard InChI is InChI=1S/C18H21NOS/c1-2-3-11-19(17-9-5-4-6-10-17)14-18-13-16(15-21-18)8-7-12-20/h4-6,9-10,13,15,20H,2-3,11-12,14H2,1H3. The van der Waals surface area contributed by atoms with Crippen LogP contribution in [0.25, 0.3) is 0 Å². The Balaban J connectivity index is 2.09. The molecule has 0 radical (unpaired) electrons. The van der Waals surface area contributed by atoms with Crippen molar-refractivity contribution in [2.24, 2.45) is 0 Å². The lowest BCUT2D eigenvalue weighted by Crippen LogP contribution is -2.23. The second kappa shape index (κ2) is 8.51. The highest BCUT2D eigenvalue weighted by Crippen LogP contribution is 2.21. The summed E-state index contributed by atoms with van der Waals surface area (Å²) in [4.78, 5) is 3.72. The Morgan fingerprint density at radius 3 is 2.76 bits per heavy atom. The fourth-order valence-electron chi connectivity index (χ4n) is 2.15. The van der Waals surface area contributed by atoms with Gasteiger partial charge in [0.05, 0.1) is 6.54 Å². The largest absolute Gasteiger partial charge is 0.384 e. The third-order valence-corrected chi connectivity index (χ3v) is 4.14. The molecule has 0 unspecified atom stereocenters. The van der Waals surface area contributed by atoms with Crippen molar-refractivity contribution in [2.45, 2.75) is 26.3 Å². The molecule has 110 valence electrons. The van der Waals surface area contributed by atoms with Crippen molar-refractivity contribution in [1.82, 2.24) is 0 Å². The number of benzene rings is 1. The molecule has 0 spiro atoms. The molecule has 0 saturated heterocycles. The summed E-state index contributed by atoms with van der Waals surface area (Å²) in [5.74, 6) is 5.66. The maximum Gasteiger partial charge on any atom is 0.104 e. The van der Waals surface area contributed by atoms with Gasteiger partial charge in [0.15, 0.2) is 0 Å². The zero-order chi connectivity index (χ0) is 14.9. The second-order valence-electron chi connectivity index (χ2n) is 4.87. The van der Waals surface area contributed by atoms with Gasteiger partial charge in [-0.05, 0) is 24.6 Å². The maximum atomic E-state index is 8.75. The number of nitrogens with zero attached hydrogens (tertiary/aromatic N) is 1. The van der Waals surface area contributed by atoms with Gasteiger partial charge in [-0.1, -0.05) is 43.4 Å². The minimum atomic E-state index is -0.0855. The third-order valence-electron chi connectivity index (χ3n) is 3.22. The predicted octanol–water partition coefficient (Wildman–Crippen LogP) is 3.90. The van der Waals surface area contributed by atoms with E-state index in [1.165, 1.54) is 23.4 Å². The summed E-state index contributed by atoms with van der Waals surface area (Å²) in [6, 6.07) is 12.7. The van der Waals surface area contributed by atoms with Gasteiger partial charge in [0.2, 0.25) is 0 Å². The van der Waals surface area contributed by atoms with Crippen LogP contribution < -0.4 is 4.90 Å². The molecule has 0 aliphatic carbocycles. The second-order valence-corrected chi connectivity index (χ2v) is 5.87. The van der Waals surface area contributed by atoms with Crippen LogP contribution >= 0.6 is 11.3 Å². The van der Waals surface area contributed by atoms with Gasteiger partial charge in [0.25, 0.3) is 0 Å². The molecule has 2 nitrogen and oxygen atoms in total. The van der Waals surface area contributed by atoms with E-state index in [0.29, 0.717) is 0 Å². The number of rotatable bonds is 6. The first kappa shape index (κ1) is 15.6. The molecule has 2 aromatic rings. The average molecular weight is 299 g/mol. The summed E-state index contributed by atoms with van der Waals surface area (Å²) in [5, 5.41) is 10.8. The van der Waals surface area contributed by atoms with Crippen LogP contribution in [0.1, 0.15) is 30.2 Å². The Morgan fingerprint density at radius 1 is 1.24 bits per heavy atom. The Morgan fingerprint density at radius 2 is 2.05 bits per heavy atom. The number of aliphatic hydroxyl groups excluding tert-OH is 1. The van der Waals surface area contributed by atoms with Crippen LogP contribution in [0.5, 0.6) is 0 Å². The van der Waals surface area contributed by atoms with Crippen LogP contribution in [0, 0.1) is 11.8 Å². The monoisotopic (exact) mass is 299 g/mol. The van der Waals surface area contributed by atoms with Crippen LogP contribution in [-0.4, -0.2) is 18.3 Å². The minimum absolute atomic E-state index is 0.0855. The van der Waals surface area contributed by atoms with Gasteiger partial charge in [0.1, 0.15) is 6.61 Å². The SMILES string of the molecule is CCCCN(Cc1cc(C#CCO)cs1)c1ccccc1. The molecule has 0 saturated carbocycles. The van der Waals surface area contributed by atoms with E-state index >= 15 is 0 Å². The van der Waals surface area contributed by atoms with Crippen molar-refractivity contribution in [1.29, 1.82) is 0 Å². The molecule has 0 atom stereocenters. The van der Waals surface area contributed by atoms with E-state index in [4.69, 9.17) is 5.11 Å². The molecule has 0 fully saturated rings. The van der Waals surface area contributed by atoms with Gasteiger partial charge in [-0.3, -0.25) is 0 Å². The van der Waals surface area contributed by atoms with E-state index in [-0.39, 0.29) is 6.61 Å². The van der Waals surface area contributed by atoms with Crippen LogP contribution in [0.15, 0.2) is 41.8 Å². The molecule has 0 aliphatic heterocycles. The number of hydrogen-bond acceptors (Lipinski definition) is 3. The van der Waals surface area contributed by atoms with Crippen molar-refractivity contribution >= 4 is 17.0 Å². The average Bonchev–Trinajstić information content (AvgIpc) is 2.97. The fraction of sp³-hybridized carbons (Fsp3) is 0.333. The quantitative estimate of drug-likeness (QED) is 0.818. The Labute approximate surface area is 131 Å². The lowest BCUT2D eigenvalue weighted by Gasteiger charge is -2.24. The van der Waals surface area contributed by atoms with Crippen molar-refractivity contribution in [3.8, 4) is 11.8 Å². The first-order chi connectivity index (χ1) is 10.3. The number of aliphatic hydroxyl groups is 1. The summed E-state index contributed by atoms with van der Waals surface area (Å²) < 4.78 is 0. The maximum absolute atomic E-state index is 8.75. The Bertz CT molecular complexity index is 594. The molecule has 0 bridgehead atoms. The topological polar surface area (TPSA) is 23.5 Å². The first-order valence-corrected chi connectivity index (χ1v) is 8.18. The van der Waals surface area contributed by atoms with Gasteiger partial charge in [-0.2, -0.15) is 0 Å². The van der Waals surface area contributed by atoms with Gasteiger partial charge >= 0.3 is 0 Å². The van der Waals surface area contributed by atoms with E-state index < -0.39 is 0 Å². The van der Waals surface area contributed by atoms with E-state index in [1.54, 1.807) is 11.3 Å². The van der Waals surface area contributed by atoms with Crippen LogP contribution in [0.2, 0.25) is 0 Å². The molecular weight excluding hydrogens is 278 g/mol. The minimum Gasteiger partial charge on any atom is -0.384 e. The summed E-state index contributed by atoms with van der Waals surface area (Å²) in [7, 11) is 0. The zero-order valence-corrected chi connectivity index (χ0v) is 13.2. The van der Waals surface area contributed by atoms with Gasteiger partial charge < -0.3 is 10.0 Å². The zero-order valence-electron chi connectivity index (χ0n) is 12.4. The summed E-state index contributed by atoms with van der Waals surface area (Å²) in [6.07, 6.45) is 2.39. The summed E-state index contributed by atoms with van der Waals surface area (Å²) in [6.45, 7) is 4.11. The molecule has 1 aromatic carbocycles. The van der Waals surface area contributed by atoms with E-state index in [2.05, 4.69) is 65.4 Å². The van der Waals surface area contributed by atoms with Crippen molar-refractivity contribution in [2.75, 3.05) is 18.1 Å². The third kappa shape index (κ3) is 4.93. The smallest absolute Gasteiger partial charge is 0.104 e. The molecule has 2 rings (SSSR count). The van der Waals surface area contributed by atoms with E-state index in [9.17, 15) is 0 Å². The van der Waals surface area contributed by atoms with Crippen molar-refractivity contribution in [3.63, 3.8) is 0 Å². The highest BCUT2D eigenvalue weighted by Gasteiger charge is 2.08. The number of hydrogen-bond donors (Lipinski definition) is 1. The lowest BCUT2D eigenvalue weighted by molar-refractivity contribution is 0.350. The molecule has 3 heteroatoms. The molecule has 1 heterocycles. The number of anilines is 1. The lowest BCUT2D eigenvalue weighted by atomic mass is 10.2. The van der Waals surface area contributed by atoms with Gasteiger partial charge in [-0.25, -0.2) is 0 Å². The highest BCUT2D eigenvalue weighted by molar-refractivity contribution is 7.10. The van der Waals surface area contributed by atoms with E-state index in [1.807, 2.05) is 0 Å². The van der Waals surface area contributed by atoms with Crippen LogP contribution in [0.4, 0.5) is 5.69 Å². The predicted molar refractivity (Wildman–Crippen MR) is 90.7 cm³/mol. The molecule has 0 amide bonds. The Hall–Kier alpha value is -1.76. The molecule has 0 aliphatic rings. The molecule has 21 heavy (non-hydrogen) atoms. The summed E-state index contributed by atoms with van der Waals surface area (Å²) in [5.41, 5.74) is 2.26. The number of unbranched alkanes of at least 4 members (excludes halogenated alkanes) is 1. The Kier molecular flexibility index (Phi) is 6.33. The molecule has 1 N–H and O–H groups in total. The molecule has 1 aromatic heterocycles. The van der Waals surface area contributed by atoms with Gasteiger partial charge in [0, 0.05) is 28.1 Å². The summed E-state index contributed by atoms with van der Waals surface area (Å²) >= 11 is 1.73. The highest BCUT2D eigenvalue weighted by atomic mass is 32.1. The van der Waals surface area contributed by atoms with Crippen LogP contribution in [0.3, 0.4) is 0 Å². The van der Waals surface area contributed by atoms with Crippen molar-refractivity contribution in [3.05, 3.63) is 52.2 Å². The normalized spacial score (nSPS) is 10.0. The first-order valence-electron chi connectivity index (χ1n) is 7.30. The fourth-order valence-corrected chi connectivity index (χ4v) is 2.98. The van der Waals surface area contributed by atoms with Gasteiger partial charge in [-0.15, -0.1) is 11.3 Å². The molecular formula is C18H21NOS. The van der Waals surface area contributed by atoms with Crippen molar-refractivity contribution < 1.29 is 5.11 Å². The number of thiophene rings is 1.